The molecule has 0 unspecified atom stereocenters. The highest BCUT2D eigenvalue weighted by Crippen LogP contribution is 2.32. The molecule has 3 heterocycles. The summed E-state index contributed by atoms with van der Waals surface area (Å²) in [6.07, 6.45) is 2.45. The number of rotatable bonds is 4. The van der Waals surface area contributed by atoms with Crippen LogP contribution in [0.15, 0.2) is 48.5 Å². The van der Waals surface area contributed by atoms with E-state index >= 15 is 0 Å². The topological polar surface area (TPSA) is 44.7 Å². The summed E-state index contributed by atoms with van der Waals surface area (Å²) in [6.45, 7) is 5.99. The number of benzene rings is 2. The zero-order valence-corrected chi connectivity index (χ0v) is 16.9. The molecule has 0 N–H and O–H groups in total. The van der Waals surface area contributed by atoms with Gasteiger partial charge in [0.15, 0.2) is 11.6 Å². The Morgan fingerprint density at radius 3 is 2.00 bits per heavy atom. The van der Waals surface area contributed by atoms with Gasteiger partial charge in [0.2, 0.25) is 0 Å². The van der Waals surface area contributed by atoms with Crippen molar-refractivity contribution in [3.8, 4) is 5.75 Å². The Morgan fingerprint density at radius 1 is 0.690 bits per heavy atom. The minimum Gasteiger partial charge on any atom is -0.497 e. The van der Waals surface area contributed by atoms with E-state index < -0.39 is 0 Å². The maximum Gasteiger partial charge on any atom is 0.172 e. The summed E-state index contributed by atoms with van der Waals surface area (Å²) in [5.41, 5.74) is 3.12. The molecular formula is C23H27N5O. The van der Waals surface area contributed by atoms with Crippen molar-refractivity contribution >= 4 is 28.4 Å². The number of anilines is 3. The first kappa shape index (κ1) is 18.0. The smallest absolute Gasteiger partial charge is 0.172 e. The average Bonchev–Trinajstić information content (AvgIpc) is 3.33. The molecule has 2 saturated heterocycles. The van der Waals surface area contributed by atoms with Crippen LogP contribution >= 0.6 is 0 Å². The number of hydrogen-bond acceptors (Lipinski definition) is 6. The van der Waals surface area contributed by atoms with Crippen LogP contribution in [0, 0.1) is 0 Å². The zero-order chi connectivity index (χ0) is 19.6. The first-order chi connectivity index (χ1) is 14.3. The van der Waals surface area contributed by atoms with E-state index in [9.17, 15) is 0 Å². The number of hydrogen-bond donors (Lipinski definition) is 0. The second-order valence-corrected chi connectivity index (χ2v) is 7.73. The van der Waals surface area contributed by atoms with Crippen LogP contribution < -0.4 is 19.4 Å². The summed E-state index contributed by atoms with van der Waals surface area (Å²) in [5, 5.41) is 0. The minimum atomic E-state index is 0.820. The summed E-state index contributed by atoms with van der Waals surface area (Å²) >= 11 is 0. The molecule has 6 nitrogen and oxygen atoms in total. The highest BCUT2D eigenvalue weighted by Gasteiger charge is 2.26. The Labute approximate surface area is 171 Å². The molecule has 150 valence electrons. The highest BCUT2D eigenvalue weighted by atomic mass is 16.5. The Kier molecular flexibility index (Phi) is 4.84. The number of nitrogens with zero attached hydrogens (tertiary/aromatic N) is 5. The molecule has 2 aliphatic heterocycles. The molecule has 0 radical (unpaired) electrons. The molecule has 3 aromatic rings. The van der Waals surface area contributed by atoms with Crippen molar-refractivity contribution in [1.82, 2.24) is 9.97 Å². The summed E-state index contributed by atoms with van der Waals surface area (Å²) in [7, 11) is 1.69. The molecule has 2 aliphatic rings. The molecule has 0 spiro atoms. The number of para-hydroxylation sites is 1. The largest absolute Gasteiger partial charge is 0.497 e. The van der Waals surface area contributed by atoms with Gasteiger partial charge in [-0.3, -0.25) is 0 Å². The highest BCUT2D eigenvalue weighted by molar-refractivity contribution is 5.82. The van der Waals surface area contributed by atoms with E-state index in [0.717, 1.165) is 67.7 Å². The predicted octanol–water partition coefficient (Wildman–Crippen LogP) is 3.57. The van der Waals surface area contributed by atoms with Crippen LogP contribution in [0.3, 0.4) is 0 Å². The summed E-state index contributed by atoms with van der Waals surface area (Å²) in [5.74, 6) is 2.87. The van der Waals surface area contributed by atoms with Crippen LogP contribution in [-0.4, -0.2) is 56.3 Å². The molecule has 6 heteroatoms. The van der Waals surface area contributed by atoms with Crippen LogP contribution in [-0.2, 0) is 0 Å². The van der Waals surface area contributed by atoms with Crippen LogP contribution in [0.25, 0.3) is 11.0 Å². The first-order valence-corrected chi connectivity index (χ1v) is 10.5. The van der Waals surface area contributed by atoms with Crippen molar-refractivity contribution in [1.29, 1.82) is 0 Å². The van der Waals surface area contributed by atoms with E-state index in [-0.39, 0.29) is 0 Å². The van der Waals surface area contributed by atoms with Crippen molar-refractivity contribution in [3.05, 3.63) is 48.5 Å². The van der Waals surface area contributed by atoms with Crippen molar-refractivity contribution in [2.75, 3.05) is 61.1 Å². The number of piperazine rings is 1. The monoisotopic (exact) mass is 389 g/mol. The lowest BCUT2D eigenvalue weighted by atomic mass is 10.2. The summed E-state index contributed by atoms with van der Waals surface area (Å²) in [4.78, 5) is 17.4. The Morgan fingerprint density at radius 2 is 1.31 bits per heavy atom. The third-order valence-electron chi connectivity index (χ3n) is 5.94. The molecule has 0 atom stereocenters. The molecule has 2 aromatic carbocycles. The molecule has 5 rings (SSSR count). The molecule has 29 heavy (non-hydrogen) atoms. The number of aromatic nitrogens is 2. The maximum atomic E-state index is 5.40. The molecule has 0 amide bonds. The Balaban J connectivity index is 1.46. The van der Waals surface area contributed by atoms with E-state index in [1.54, 1.807) is 7.11 Å². The zero-order valence-electron chi connectivity index (χ0n) is 16.9. The predicted molar refractivity (Wildman–Crippen MR) is 118 cm³/mol. The molecule has 2 fully saturated rings. The second kappa shape index (κ2) is 7.78. The van der Waals surface area contributed by atoms with Gasteiger partial charge in [-0.1, -0.05) is 18.2 Å². The fourth-order valence-electron chi connectivity index (χ4n) is 4.31. The lowest BCUT2D eigenvalue weighted by Crippen LogP contribution is -2.47. The van der Waals surface area contributed by atoms with Gasteiger partial charge in [-0.2, -0.15) is 0 Å². The van der Waals surface area contributed by atoms with E-state index in [1.807, 2.05) is 18.2 Å². The van der Waals surface area contributed by atoms with Gasteiger partial charge < -0.3 is 19.4 Å². The minimum absolute atomic E-state index is 0.820. The van der Waals surface area contributed by atoms with Crippen LogP contribution in [0.1, 0.15) is 12.8 Å². The SMILES string of the molecule is COc1ccc2nc(N3CCCC3)c(N3CCN(c4ccccc4)CC3)nc2c1. The van der Waals surface area contributed by atoms with Crippen molar-refractivity contribution in [2.45, 2.75) is 12.8 Å². The number of methoxy groups -OCH3 is 1. The summed E-state index contributed by atoms with van der Waals surface area (Å²) < 4.78 is 5.40. The van der Waals surface area contributed by atoms with Gasteiger partial charge in [-0.25, -0.2) is 9.97 Å². The first-order valence-electron chi connectivity index (χ1n) is 10.5. The van der Waals surface area contributed by atoms with Gasteiger partial charge in [0.1, 0.15) is 5.75 Å². The fraction of sp³-hybridized carbons (Fsp3) is 0.391. The van der Waals surface area contributed by atoms with Gasteiger partial charge in [-0.05, 0) is 37.1 Å². The van der Waals surface area contributed by atoms with E-state index in [4.69, 9.17) is 14.7 Å². The lowest BCUT2D eigenvalue weighted by molar-refractivity contribution is 0.415. The molecule has 0 bridgehead atoms. The van der Waals surface area contributed by atoms with Gasteiger partial charge in [0, 0.05) is 51.0 Å². The van der Waals surface area contributed by atoms with Crippen molar-refractivity contribution in [2.24, 2.45) is 0 Å². The maximum absolute atomic E-state index is 5.40. The molecular weight excluding hydrogens is 362 g/mol. The third-order valence-corrected chi connectivity index (χ3v) is 5.94. The lowest BCUT2D eigenvalue weighted by Gasteiger charge is -2.38. The quantitative estimate of drug-likeness (QED) is 0.680. The molecule has 1 aromatic heterocycles. The van der Waals surface area contributed by atoms with Crippen LogP contribution in [0.4, 0.5) is 17.3 Å². The van der Waals surface area contributed by atoms with Gasteiger partial charge >= 0.3 is 0 Å². The third kappa shape index (κ3) is 3.55. The Hall–Kier alpha value is -3.02. The van der Waals surface area contributed by atoms with Gasteiger partial charge in [0.25, 0.3) is 0 Å². The van der Waals surface area contributed by atoms with Crippen LogP contribution in [0.2, 0.25) is 0 Å². The second-order valence-electron chi connectivity index (χ2n) is 7.73. The average molecular weight is 390 g/mol. The summed E-state index contributed by atoms with van der Waals surface area (Å²) in [6, 6.07) is 16.6. The standard InChI is InChI=1S/C23H27N5O/c1-29-19-9-10-20-21(17-19)25-23(22(24-20)27-11-5-6-12-27)28-15-13-26(14-16-28)18-7-3-2-4-8-18/h2-4,7-10,17H,5-6,11-16H2,1H3. The molecule has 0 aliphatic carbocycles. The van der Waals surface area contributed by atoms with Gasteiger partial charge in [-0.15, -0.1) is 0 Å². The van der Waals surface area contributed by atoms with Crippen LogP contribution in [0.5, 0.6) is 5.75 Å². The van der Waals surface area contributed by atoms with E-state index in [2.05, 4.69) is 45.0 Å². The van der Waals surface area contributed by atoms with E-state index in [1.165, 1.54) is 18.5 Å². The number of fused-ring (bicyclic) bond motifs is 1. The fourth-order valence-corrected chi connectivity index (χ4v) is 4.31. The Bertz CT molecular complexity index is 979. The van der Waals surface area contributed by atoms with E-state index in [0.29, 0.717) is 0 Å². The van der Waals surface area contributed by atoms with Gasteiger partial charge in [0.05, 0.1) is 18.1 Å². The normalized spacial score (nSPS) is 17.2. The van der Waals surface area contributed by atoms with Crippen molar-refractivity contribution < 1.29 is 4.74 Å². The number of ether oxygens (including phenoxy) is 1. The van der Waals surface area contributed by atoms with Crippen molar-refractivity contribution in [3.63, 3.8) is 0 Å². The molecule has 0 saturated carbocycles.